The summed E-state index contributed by atoms with van der Waals surface area (Å²) in [5, 5.41) is 12.9. The van der Waals surface area contributed by atoms with Gasteiger partial charge in [0.05, 0.1) is 12.8 Å². The molecule has 1 aromatic carbocycles. The van der Waals surface area contributed by atoms with Gasteiger partial charge in [0.25, 0.3) is 0 Å². The quantitative estimate of drug-likeness (QED) is 0.589. The van der Waals surface area contributed by atoms with Gasteiger partial charge < -0.3 is 9.84 Å². The fourth-order valence-corrected chi connectivity index (χ4v) is 0.995. The van der Waals surface area contributed by atoms with E-state index in [0.29, 0.717) is 11.4 Å². The minimum atomic E-state index is -1.19. The number of nitrogens with zero attached hydrogens (tertiary/aromatic N) is 2. The summed E-state index contributed by atoms with van der Waals surface area (Å²) in [5.74, 6) is 0.567. The summed E-state index contributed by atoms with van der Waals surface area (Å²) in [6, 6.07) is 6.55. The lowest BCUT2D eigenvalue weighted by Gasteiger charge is -2.12. The van der Waals surface area contributed by atoms with Crippen molar-refractivity contribution in [2.45, 2.75) is 0 Å². The molecule has 0 atom stereocenters. The fraction of sp³-hybridized carbons (Fsp3) is 0.111. The number of carboxylic acid groups (broad SMARTS) is 1. The first-order chi connectivity index (χ1) is 6.69. The number of amides is 1. The van der Waals surface area contributed by atoms with E-state index in [0.717, 1.165) is 5.01 Å². The van der Waals surface area contributed by atoms with Crippen LogP contribution < -0.4 is 9.75 Å². The lowest BCUT2D eigenvalue weighted by molar-refractivity contribution is 0.202. The maximum absolute atomic E-state index is 10.7. The summed E-state index contributed by atoms with van der Waals surface area (Å²) < 4.78 is 4.95. The molecule has 0 heterocycles. The summed E-state index contributed by atoms with van der Waals surface area (Å²) >= 11 is 0. The zero-order valence-corrected chi connectivity index (χ0v) is 7.67. The number of ether oxygens (including phenoxy) is 1. The zero-order chi connectivity index (χ0) is 10.6. The van der Waals surface area contributed by atoms with Crippen LogP contribution in [0, 0.1) is 0 Å². The van der Waals surface area contributed by atoms with Crippen molar-refractivity contribution in [1.29, 1.82) is 0 Å². The third-order valence-corrected chi connectivity index (χ3v) is 1.62. The smallest absolute Gasteiger partial charge is 0.432 e. The molecule has 0 saturated heterocycles. The van der Waals surface area contributed by atoms with Crippen LogP contribution in [0.4, 0.5) is 10.5 Å². The molecule has 1 amide bonds. The van der Waals surface area contributed by atoms with Gasteiger partial charge in [-0.05, 0) is 12.1 Å². The van der Waals surface area contributed by atoms with E-state index in [1.54, 1.807) is 24.3 Å². The summed E-state index contributed by atoms with van der Waals surface area (Å²) in [6.07, 6.45) is -1.19. The van der Waals surface area contributed by atoms with Crippen LogP contribution in [0.1, 0.15) is 0 Å². The Balaban J connectivity index is 3.04. The average molecular weight is 194 g/mol. The van der Waals surface area contributed by atoms with E-state index in [1.807, 2.05) is 0 Å². The van der Waals surface area contributed by atoms with Crippen LogP contribution in [0.25, 0.3) is 0 Å². The van der Waals surface area contributed by atoms with Crippen LogP contribution in [0.15, 0.2) is 29.4 Å². The van der Waals surface area contributed by atoms with Gasteiger partial charge in [0.1, 0.15) is 5.75 Å². The Bertz CT molecular complexity index is 352. The van der Waals surface area contributed by atoms with Crippen LogP contribution in [-0.4, -0.2) is 25.0 Å². The fourth-order valence-electron chi connectivity index (χ4n) is 0.995. The first kappa shape index (κ1) is 10.0. The first-order valence-electron chi connectivity index (χ1n) is 3.82. The van der Waals surface area contributed by atoms with Crippen LogP contribution in [0.2, 0.25) is 0 Å². The monoisotopic (exact) mass is 194 g/mol. The number of hydrazone groups is 1. The van der Waals surface area contributed by atoms with E-state index >= 15 is 0 Å². The van der Waals surface area contributed by atoms with Gasteiger partial charge in [-0.1, -0.05) is 6.07 Å². The molecule has 0 aliphatic rings. The highest BCUT2D eigenvalue weighted by Gasteiger charge is 2.12. The number of rotatable bonds is 3. The molecule has 5 heteroatoms. The van der Waals surface area contributed by atoms with Crippen LogP contribution in [-0.2, 0) is 0 Å². The molecule has 0 aliphatic carbocycles. The van der Waals surface area contributed by atoms with Crippen molar-refractivity contribution < 1.29 is 14.6 Å². The number of anilines is 1. The first-order valence-corrected chi connectivity index (χ1v) is 3.82. The molecule has 0 aromatic heterocycles. The molecule has 5 nitrogen and oxygen atoms in total. The van der Waals surface area contributed by atoms with E-state index in [4.69, 9.17) is 9.84 Å². The second-order valence-corrected chi connectivity index (χ2v) is 2.44. The predicted molar refractivity (Wildman–Crippen MR) is 53.0 cm³/mol. The second kappa shape index (κ2) is 4.27. The Hall–Kier alpha value is -2.04. The van der Waals surface area contributed by atoms with Crippen LogP contribution in [0.3, 0.4) is 0 Å². The van der Waals surface area contributed by atoms with Gasteiger partial charge in [-0.15, -0.1) is 0 Å². The summed E-state index contributed by atoms with van der Waals surface area (Å²) in [5.41, 5.74) is 0.395. The van der Waals surface area contributed by atoms with E-state index in [1.165, 1.54) is 7.11 Å². The lowest BCUT2D eigenvalue weighted by Crippen LogP contribution is -2.22. The molecule has 74 valence electrons. The molecule has 0 unspecified atom stereocenters. The molecule has 0 spiro atoms. The van der Waals surface area contributed by atoms with E-state index in [2.05, 4.69) is 11.8 Å². The van der Waals surface area contributed by atoms with E-state index in [-0.39, 0.29) is 0 Å². The van der Waals surface area contributed by atoms with Gasteiger partial charge in [0.15, 0.2) is 0 Å². The van der Waals surface area contributed by atoms with Crippen LogP contribution >= 0.6 is 0 Å². The molecule has 14 heavy (non-hydrogen) atoms. The van der Waals surface area contributed by atoms with Gasteiger partial charge in [0.2, 0.25) is 0 Å². The predicted octanol–water partition coefficient (Wildman–Crippen LogP) is 1.80. The van der Waals surface area contributed by atoms with Crippen molar-refractivity contribution >= 4 is 18.5 Å². The van der Waals surface area contributed by atoms with Gasteiger partial charge in [-0.25, -0.2) is 4.79 Å². The van der Waals surface area contributed by atoms with Gasteiger partial charge in [-0.3, -0.25) is 0 Å². The normalized spacial score (nSPS) is 9.21. The highest BCUT2D eigenvalue weighted by molar-refractivity contribution is 5.86. The SMILES string of the molecule is C=NN(C(=O)O)c1cccc(OC)c1. The van der Waals surface area contributed by atoms with Crippen molar-refractivity contribution in [3.63, 3.8) is 0 Å². The third kappa shape index (κ3) is 2.01. The number of hydrogen-bond acceptors (Lipinski definition) is 3. The minimum Gasteiger partial charge on any atom is -0.497 e. The molecular weight excluding hydrogens is 184 g/mol. The van der Waals surface area contributed by atoms with Crippen LogP contribution in [0.5, 0.6) is 5.75 Å². The molecule has 0 bridgehead atoms. The Morgan fingerprint density at radius 2 is 2.36 bits per heavy atom. The third-order valence-electron chi connectivity index (χ3n) is 1.62. The molecule has 0 fully saturated rings. The van der Waals surface area contributed by atoms with Crippen molar-refractivity contribution in [1.82, 2.24) is 0 Å². The number of methoxy groups -OCH3 is 1. The topological polar surface area (TPSA) is 62.1 Å². The van der Waals surface area contributed by atoms with Gasteiger partial charge in [0, 0.05) is 12.8 Å². The number of carbonyl (C=O) groups is 1. The Morgan fingerprint density at radius 1 is 1.64 bits per heavy atom. The maximum Gasteiger partial charge on any atom is 0.432 e. The Labute approximate surface area is 81.2 Å². The minimum absolute atomic E-state index is 0.395. The Kier molecular flexibility index (Phi) is 3.06. The second-order valence-electron chi connectivity index (χ2n) is 2.44. The summed E-state index contributed by atoms with van der Waals surface area (Å²) in [7, 11) is 1.51. The van der Waals surface area contributed by atoms with Crippen molar-refractivity contribution in [3.05, 3.63) is 24.3 Å². The molecule has 0 saturated carbocycles. The zero-order valence-electron chi connectivity index (χ0n) is 7.67. The van der Waals surface area contributed by atoms with Crippen molar-refractivity contribution in [3.8, 4) is 5.75 Å². The molecule has 0 radical (unpaired) electrons. The highest BCUT2D eigenvalue weighted by atomic mass is 16.5. The largest absolute Gasteiger partial charge is 0.497 e. The maximum atomic E-state index is 10.7. The van der Waals surface area contributed by atoms with E-state index < -0.39 is 6.09 Å². The molecule has 1 N–H and O–H groups in total. The molecule has 1 rings (SSSR count). The summed E-state index contributed by atoms with van der Waals surface area (Å²) in [4.78, 5) is 10.7. The van der Waals surface area contributed by atoms with Crippen molar-refractivity contribution in [2.24, 2.45) is 5.10 Å². The molecular formula is C9H10N2O3. The standard InChI is InChI=1S/C9H10N2O3/c1-10-11(9(12)13)7-4-3-5-8(6-7)14-2/h3-6H,1H2,2H3,(H,12,13). The Morgan fingerprint density at radius 3 is 2.86 bits per heavy atom. The highest BCUT2D eigenvalue weighted by Crippen LogP contribution is 2.20. The average Bonchev–Trinajstić information content (AvgIpc) is 2.19. The van der Waals surface area contributed by atoms with Crippen molar-refractivity contribution in [2.75, 3.05) is 12.1 Å². The molecule has 1 aromatic rings. The number of benzene rings is 1. The lowest BCUT2D eigenvalue weighted by atomic mass is 10.3. The summed E-state index contributed by atoms with van der Waals surface area (Å²) in [6.45, 7) is 3.17. The van der Waals surface area contributed by atoms with E-state index in [9.17, 15) is 4.79 Å². The van der Waals surface area contributed by atoms with Gasteiger partial charge in [-0.2, -0.15) is 10.1 Å². The molecule has 0 aliphatic heterocycles. The number of hydrogen-bond donors (Lipinski definition) is 1. The van der Waals surface area contributed by atoms with Gasteiger partial charge >= 0.3 is 6.09 Å².